The summed E-state index contributed by atoms with van der Waals surface area (Å²) in [6, 6.07) is 0. The van der Waals surface area contributed by atoms with Gasteiger partial charge in [0.2, 0.25) is 0 Å². The van der Waals surface area contributed by atoms with Gasteiger partial charge in [-0.05, 0) is 26.7 Å². The highest BCUT2D eigenvalue weighted by molar-refractivity contribution is 5.85. The van der Waals surface area contributed by atoms with E-state index in [4.69, 9.17) is 35.7 Å². The summed E-state index contributed by atoms with van der Waals surface area (Å²) in [4.78, 5) is 29.4. The topological polar surface area (TPSA) is 193 Å². The summed E-state index contributed by atoms with van der Waals surface area (Å²) in [5.74, 6) is -2.56. The third-order valence-electron chi connectivity index (χ3n) is 3.45. The summed E-state index contributed by atoms with van der Waals surface area (Å²) in [5, 5.41) is 56.7. The monoisotopic (exact) mass is 466 g/mol. The van der Waals surface area contributed by atoms with E-state index in [0.29, 0.717) is 13.0 Å². The number of carboxylic acid groups (broad SMARTS) is 3. The van der Waals surface area contributed by atoms with Crippen LogP contribution in [-0.4, -0.2) is 79.6 Å². The molecule has 0 amide bonds. The second-order valence-electron chi connectivity index (χ2n) is 6.89. The third kappa shape index (κ3) is 46.1. The van der Waals surface area contributed by atoms with Crippen molar-refractivity contribution >= 4 is 17.9 Å². The molecule has 0 atom stereocenters. The van der Waals surface area contributed by atoms with E-state index in [-0.39, 0.29) is 24.4 Å². The zero-order chi connectivity index (χ0) is 25.9. The molecule has 0 aromatic rings. The first-order valence-electron chi connectivity index (χ1n) is 10.4. The number of aliphatic carboxylic acids is 3. The molecule has 0 bridgehead atoms. The molecule has 0 heterocycles. The van der Waals surface area contributed by atoms with E-state index in [1.165, 1.54) is 33.1 Å². The van der Waals surface area contributed by atoms with E-state index in [2.05, 4.69) is 13.2 Å². The molecule has 10 heteroatoms. The lowest BCUT2D eigenvalue weighted by atomic mass is 10.1. The highest BCUT2D eigenvalue weighted by Gasteiger charge is 1.96. The van der Waals surface area contributed by atoms with Crippen molar-refractivity contribution < 1.29 is 50.1 Å². The van der Waals surface area contributed by atoms with Crippen LogP contribution in [0.25, 0.3) is 0 Å². The Morgan fingerprint density at radius 2 is 0.938 bits per heavy atom. The van der Waals surface area contributed by atoms with Gasteiger partial charge in [-0.3, -0.25) is 4.79 Å². The molecular weight excluding hydrogens is 424 g/mol. The lowest BCUT2D eigenvalue weighted by Gasteiger charge is -2.00. The number of aliphatic hydroxyl groups is 4. The van der Waals surface area contributed by atoms with Crippen molar-refractivity contribution in [2.24, 2.45) is 0 Å². The van der Waals surface area contributed by atoms with Crippen LogP contribution < -0.4 is 0 Å². The maximum Gasteiger partial charge on any atom is 0.330 e. The highest BCUT2D eigenvalue weighted by atomic mass is 16.4. The third-order valence-corrected chi connectivity index (χ3v) is 3.45. The Bertz CT molecular complexity index is 451. The number of aliphatic hydroxyl groups excluding tert-OH is 4. The molecule has 10 nitrogen and oxygen atoms in total. The summed E-state index contributed by atoms with van der Waals surface area (Å²) in [7, 11) is 0. The van der Waals surface area contributed by atoms with Crippen molar-refractivity contribution in [1.29, 1.82) is 0 Å². The fourth-order valence-electron chi connectivity index (χ4n) is 1.51. The molecule has 0 fully saturated rings. The van der Waals surface area contributed by atoms with Crippen molar-refractivity contribution in [2.45, 2.75) is 77.7 Å². The van der Waals surface area contributed by atoms with Crippen molar-refractivity contribution in [3.8, 4) is 0 Å². The first-order valence-corrected chi connectivity index (χ1v) is 10.4. The summed E-state index contributed by atoms with van der Waals surface area (Å²) in [6.07, 6.45) is 7.99. The Kier molecular flexibility index (Phi) is 33.3. The van der Waals surface area contributed by atoms with Gasteiger partial charge >= 0.3 is 17.9 Å². The van der Waals surface area contributed by atoms with Crippen LogP contribution in [0.4, 0.5) is 0 Å². The molecule has 0 aliphatic heterocycles. The van der Waals surface area contributed by atoms with E-state index in [9.17, 15) is 14.4 Å². The standard InChI is InChI=1S/C11H22O3.2C4H6O2.C3H8O3/c12-10-8-6-4-2-1-3-5-7-9-11(13)14;2*1-3(2)4(5)6;4-1-3(6)2-5/h12H,1-10H2,(H,13,14);2*1H2,2H3,(H,5,6);3-6H,1-2H2. The second kappa shape index (κ2) is 28.7. The normalized spacial score (nSPS) is 9.22. The number of carbonyl (C=O) groups is 3. The molecule has 0 aromatic carbocycles. The fraction of sp³-hybridized carbons (Fsp3) is 0.682. The van der Waals surface area contributed by atoms with Gasteiger partial charge in [0, 0.05) is 24.2 Å². The molecule has 190 valence electrons. The molecule has 32 heavy (non-hydrogen) atoms. The van der Waals surface area contributed by atoms with Crippen LogP contribution >= 0.6 is 0 Å². The number of rotatable bonds is 14. The fourth-order valence-corrected chi connectivity index (χ4v) is 1.51. The largest absolute Gasteiger partial charge is 0.481 e. The predicted octanol–water partition coefficient (Wildman–Crippen LogP) is 2.20. The minimum Gasteiger partial charge on any atom is -0.481 e. The van der Waals surface area contributed by atoms with Gasteiger partial charge in [-0.1, -0.05) is 51.7 Å². The minimum absolute atomic E-state index is 0.176. The quantitative estimate of drug-likeness (QED) is 0.147. The average Bonchev–Trinajstić information content (AvgIpc) is 2.73. The van der Waals surface area contributed by atoms with Crippen molar-refractivity contribution in [3.05, 3.63) is 24.3 Å². The first-order chi connectivity index (χ1) is 14.9. The Labute approximate surface area is 190 Å². The summed E-state index contributed by atoms with van der Waals surface area (Å²) < 4.78 is 0. The molecular formula is C22H42O10. The zero-order valence-corrected chi connectivity index (χ0v) is 19.3. The van der Waals surface area contributed by atoms with Crippen LogP contribution in [0.1, 0.15) is 71.6 Å². The molecule has 0 unspecified atom stereocenters. The van der Waals surface area contributed by atoms with Gasteiger partial charge in [0.1, 0.15) is 6.10 Å². The predicted molar refractivity (Wildman–Crippen MR) is 121 cm³/mol. The number of hydrogen-bond acceptors (Lipinski definition) is 7. The molecule has 7 N–H and O–H groups in total. The van der Waals surface area contributed by atoms with Gasteiger partial charge in [0.05, 0.1) is 13.2 Å². The summed E-state index contributed by atoms with van der Waals surface area (Å²) in [5.41, 5.74) is 0.352. The van der Waals surface area contributed by atoms with Crippen LogP contribution in [0.2, 0.25) is 0 Å². The first kappa shape index (κ1) is 37.1. The lowest BCUT2D eigenvalue weighted by Crippen LogP contribution is -2.15. The van der Waals surface area contributed by atoms with Crippen molar-refractivity contribution in [1.82, 2.24) is 0 Å². The molecule has 0 saturated heterocycles. The molecule has 0 radical (unpaired) electrons. The van der Waals surface area contributed by atoms with Crippen LogP contribution in [0.3, 0.4) is 0 Å². The molecule has 0 rings (SSSR count). The lowest BCUT2D eigenvalue weighted by molar-refractivity contribution is -0.137. The van der Waals surface area contributed by atoms with Gasteiger partial charge in [-0.15, -0.1) is 0 Å². The Balaban J connectivity index is -0.000000182. The maximum absolute atomic E-state index is 10.2. The summed E-state index contributed by atoms with van der Waals surface area (Å²) >= 11 is 0. The Morgan fingerprint density at radius 3 is 1.12 bits per heavy atom. The summed E-state index contributed by atoms with van der Waals surface area (Å²) in [6.45, 7) is 8.78. The molecule has 0 aliphatic rings. The van der Waals surface area contributed by atoms with Crippen molar-refractivity contribution in [3.63, 3.8) is 0 Å². The Morgan fingerprint density at radius 1 is 0.656 bits per heavy atom. The van der Waals surface area contributed by atoms with E-state index >= 15 is 0 Å². The molecule has 0 saturated carbocycles. The second-order valence-corrected chi connectivity index (χ2v) is 6.89. The number of carboxylic acids is 3. The van der Waals surface area contributed by atoms with Gasteiger partial charge in [-0.2, -0.15) is 0 Å². The average molecular weight is 467 g/mol. The van der Waals surface area contributed by atoms with E-state index in [1.807, 2.05) is 0 Å². The maximum atomic E-state index is 10.2. The van der Waals surface area contributed by atoms with Crippen molar-refractivity contribution in [2.75, 3.05) is 19.8 Å². The number of hydrogen-bond donors (Lipinski definition) is 7. The smallest absolute Gasteiger partial charge is 0.330 e. The van der Waals surface area contributed by atoms with Gasteiger partial charge in [-0.25, -0.2) is 9.59 Å². The molecule has 0 aromatic heterocycles. The minimum atomic E-state index is -0.954. The Hall–Kier alpha value is -2.27. The molecule has 0 spiro atoms. The molecule has 0 aliphatic carbocycles. The van der Waals surface area contributed by atoms with E-state index < -0.39 is 24.0 Å². The van der Waals surface area contributed by atoms with Gasteiger partial charge < -0.3 is 35.7 Å². The van der Waals surface area contributed by atoms with Crippen LogP contribution in [0, 0.1) is 0 Å². The van der Waals surface area contributed by atoms with Crippen LogP contribution in [0.5, 0.6) is 0 Å². The van der Waals surface area contributed by atoms with Gasteiger partial charge in [0.25, 0.3) is 0 Å². The van der Waals surface area contributed by atoms with E-state index in [0.717, 1.165) is 32.1 Å². The zero-order valence-electron chi connectivity index (χ0n) is 19.3. The highest BCUT2D eigenvalue weighted by Crippen LogP contribution is 2.09. The van der Waals surface area contributed by atoms with Crippen LogP contribution in [-0.2, 0) is 14.4 Å². The van der Waals surface area contributed by atoms with E-state index in [1.54, 1.807) is 0 Å². The number of unbranched alkanes of at least 4 members (excludes halogenated alkanes) is 7. The SMILES string of the molecule is C=C(C)C(=O)O.C=C(C)C(=O)O.O=C(O)CCCCCCCCCCO.OCC(O)CO. The van der Waals surface area contributed by atoms with Crippen LogP contribution in [0.15, 0.2) is 24.3 Å². The van der Waals surface area contributed by atoms with Gasteiger partial charge in [0.15, 0.2) is 0 Å².